The third-order valence-electron chi connectivity index (χ3n) is 5.23. The zero-order valence-electron chi connectivity index (χ0n) is 15.4. The molecule has 3 rings (SSSR count). The lowest BCUT2D eigenvalue weighted by Crippen LogP contribution is -2.46. The summed E-state index contributed by atoms with van der Waals surface area (Å²) in [5.74, 6) is -0.440. The van der Waals surface area contributed by atoms with Gasteiger partial charge < -0.3 is 24.8 Å². The maximum absolute atomic E-state index is 12.8. The average Bonchev–Trinajstić information content (AvgIpc) is 3.04. The Hall–Kier alpha value is -2.90. The summed E-state index contributed by atoms with van der Waals surface area (Å²) >= 11 is 0. The number of carbonyl (C=O) groups is 4. The van der Waals surface area contributed by atoms with Gasteiger partial charge in [0.1, 0.15) is 12.3 Å². The van der Waals surface area contributed by atoms with Gasteiger partial charge in [-0.1, -0.05) is 0 Å². The second-order valence-corrected chi connectivity index (χ2v) is 6.78. The van der Waals surface area contributed by atoms with E-state index in [4.69, 9.17) is 0 Å². The van der Waals surface area contributed by atoms with Gasteiger partial charge in [-0.25, -0.2) is 0 Å². The molecule has 1 saturated heterocycles. The number of likely N-dealkylation sites (N-methyl/N-ethyl adjacent to an activating group) is 1. The van der Waals surface area contributed by atoms with Crippen molar-refractivity contribution < 1.29 is 19.2 Å². The van der Waals surface area contributed by atoms with Gasteiger partial charge in [-0.3, -0.25) is 14.4 Å². The Balaban J connectivity index is 1.77. The first-order valence-corrected chi connectivity index (χ1v) is 9.12. The molecule has 0 aliphatic carbocycles. The van der Waals surface area contributed by atoms with Crippen molar-refractivity contribution in [2.75, 3.05) is 38.1 Å². The van der Waals surface area contributed by atoms with E-state index in [0.29, 0.717) is 31.6 Å². The molecule has 27 heavy (non-hydrogen) atoms. The number of nitrogens with zero attached hydrogens (tertiary/aromatic N) is 3. The van der Waals surface area contributed by atoms with Gasteiger partial charge in [0.05, 0.1) is 0 Å². The fourth-order valence-electron chi connectivity index (χ4n) is 3.68. The first-order valence-electron chi connectivity index (χ1n) is 9.12. The van der Waals surface area contributed by atoms with Crippen molar-refractivity contribution in [3.05, 3.63) is 29.3 Å². The van der Waals surface area contributed by atoms with Crippen molar-refractivity contribution in [1.82, 2.24) is 15.1 Å². The highest BCUT2D eigenvalue weighted by Gasteiger charge is 2.36. The number of benzene rings is 1. The molecule has 0 bridgehead atoms. The third kappa shape index (κ3) is 3.79. The summed E-state index contributed by atoms with van der Waals surface area (Å²) in [5, 5.41) is 2.58. The van der Waals surface area contributed by atoms with E-state index in [1.807, 2.05) is 12.1 Å². The van der Waals surface area contributed by atoms with Crippen LogP contribution in [0.1, 0.15) is 28.8 Å². The molecule has 2 aliphatic rings. The van der Waals surface area contributed by atoms with Crippen LogP contribution in [0.3, 0.4) is 0 Å². The highest BCUT2D eigenvalue weighted by Crippen LogP contribution is 2.30. The van der Waals surface area contributed by atoms with Crippen LogP contribution in [0.2, 0.25) is 0 Å². The summed E-state index contributed by atoms with van der Waals surface area (Å²) in [5.41, 5.74) is 2.50. The summed E-state index contributed by atoms with van der Waals surface area (Å²) in [6.45, 7) is 3.20. The van der Waals surface area contributed by atoms with Gasteiger partial charge >= 0.3 is 0 Å². The van der Waals surface area contributed by atoms with Crippen molar-refractivity contribution in [2.45, 2.75) is 25.4 Å². The highest BCUT2D eigenvalue weighted by molar-refractivity contribution is 6.01. The van der Waals surface area contributed by atoms with Crippen LogP contribution in [-0.2, 0) is 20.9 Å². The second-order valence-electron chi connectivity index (χ2n) is 6.78. The molecule has 8 heteroatoms. The quantitative estimate of drug-likeness (QED) is 0.682. The van der Waals surface area contributed by atoms with E-state index in [-0.39, 0.29) is 18.2 Å². The maximum atomic E-state index is 12.8. The number of aldehydes is 1. The molecule has 2 heterocycles. The van der Waals surface area contributed by atoms with Gasteiger partial charge in [0, 0.05) is 57.4 Å². The zero-order valence-corrected chi connectivity index (χ0v) is 15.4. The fraction of sp³-hybridized carbons (Fsp3) is 0.474. The number of piperazine rings is 1. The molecule has 144 valence electrons. The van der Waals surface area contributed by atoms with Crippen LogP contribution in [0, 0.1) is 0 Å². The lowest BCUT2D eigenvalue weighted by Gasteiger charge is -2.34. The van der Waals surface area contributed by atoms with Crippen LogP contribution in [0.4, 0.5) is 5.69 Å². The largest absolute Gasteiger partial charge is 0.368 e. The molecular formula is C19H24N4O4. The molecule has 0 spiro atoms. The lowest BCUT2D eigenvalue weighted by molar-refractivity contribution is -0.125. The van der Waals surface area contributed by atoms with Gasteiger partial charge in [0.25, 0.3) is 5.91 Å². The van der Waals surface area contributed by atoms with Gasteiger partial charge in [0.2, 0.25) is 12.3 Å². The van der Waals surface area contributed by atoms with E-state index in [0.717, 1.165) is 37.0 Å². The Kier molecular flexibility index (Phi) is 5.73. The maximum Gasteiger partial charge on any atom is 0.255 e. The first kappa shape index (κ1) is 18.9. The number of nitrogens with one attached hydrogen (secondary N) is 1. The number of carbonyl (C=O) groups excluding carboxylic acids is 4. The van der Waals surface area contributed by atoms with Gasteiger partial charge in [0.15, 0.2) is 0 Å². The van der Waals surface area contributed by atoms with Crippen LogP contribution in [-0.4, -0.2) is 73.6 Å². The molecule has 0 aromatic heterocycles. The SMILES string of the molecule is CNC(=O)C(CCC=O)N1Cc2cc(N3CCN(C=O)CC3)ccc2C1=O. The predicted molar refractivity (Wildman–Crippen MR) is 99.3 cm³/mol. The lowest BCUT2D eigenvalue weighted by atomic mass is 10.1. The molecule has 1 aromatic rings. The van der Waals surface area contributed by atoms with Crippen LogP contribution in [0.25, 0.3) is 0 Å². The van der Waals surface area contributed by atoms with E-state index in [9.17, 15) is 19.2 Å². The van der Waals surface area contributed by atoms with Crippen molar-refractivity contribution in [3.63, 3.8) is 0 Å². The molecular weight excluding hydrogens is 348 g/mol. The van der Waals surface area contributed by atoms with E-state index in [1.165, 1.54) is 7.05 Å². The van der Waals surface area contributed by atoms with E-state index in [2.05, 4.69) is 10.2 Å². The summed E-state index contributed by atoms with van der Waals surface area (Å²) in [6, 6.07) is 5.06. The number of rotatable bonds is 7. The van der Waals surface area contributed by atoms with Crippen molar-refractivity contribution in [1.29, 1.82) is 0 Å². The van der Waals surface area contributed by atoms with Crippen LogP contribution < -0.4 is 10.2 Å². The Bertz CT molecular complexity index is 743. The normalized spacial score (nSPS) is 17.5. The van der Waals surface area contributed by atoms with Gasteiger partial charge in [-0.15, -0.1) is 0 Å². The van der Waals surface area contributed by atoms with Crippen molar-refractivity contribution in [2.24, 2.45) is 0 Å². The first-order chi connectivity index (χ1) is 13.1. The van der Waals surface area contributed by atoms with Crippen molar-refractivity contribution in [3.8, 4) is 0 Å². The Morgan fingerprint density at radius 3 is 2.59 bits per heavy atom. The topological polar surface area (TPSA) is 90.0 Å². The number of hydrogen-bond acceptors (Lipinski definition) is 5. The number of fused-ring (bicyclic) bond motifs is 1. The molecule has 3 amide bonds. The molecule has 1 aromatic carbocycles. The number of anilines is 1. The average molecular weight is 372 g/mol. The third-order valence-corrected chi connectivity index (χ3v) is 5.23. The summed E-state index contributed by atoms with van der Waals surface area (Å²) in [4.78, 5) is 52.1. The van der Waals surface area contributed by atoms with Crippen LogP contribution in [0.5, 0.6) is 0 Å². The second kappa shape index (κ2) is 8.20. The molecule has 1 atom stereocenters. The van der Waals surface area contributed by atoms with E-state index < -0.39 is 6.04 Å². The monoisotopic (exact) mass is 372 g/mol. The Morgan fingerprint density at radius 2 is 1.96 bits per heavy atom. The molecule has 1 unspecified atom stereocenters. The molecule has 2 aliphatic heterocycles. The van der Waals surface area contributed by atoms with Gasteiger partial charge in [-0.05, 0) is 30.2 Å². The molecule has 0 radical (unpaired) electrons. The predicted octanol–water partition coefficient (Wildman–Crippen LogP) is 0.0145. The smallest absolute Gasteiger partial charge is 0.255 e. The van der Waals surface area contributed by atoms with Crippen LogP contribution in [0.15, 0.2) is 18.2 Å². The number of amides is 3. The summed E-state index contributed by atoms with van der Waals surface area (Å²) in [7, 11) is 1.53. The molecule has 8 nitrogen and oxygen atoms in total. The minimum Gasteiger partial charge on any atom is -0.368 e. The Labute approximate surface area is 158 Å². The molecule has 1 fully saturated rings. The van der Waals surface area contributed by atoms with E-state index >= 15 is 0 Å². The minimum atomic E-state index is -0.653. The summed E-state index contributed by atoms with van der Waals surface area (Å²) < 4.78 is 0. The molecule has 1 N–H and O–H groups in total. The van der Waals surface area contributed by atoms with Crippen LogP contribution >= 0.6 is 0 Å². The Morgan fingerprint density at radius 1 is 1.22 bits per heavy atom. The summed E-state index contributed by atoms with van der Waals surface area (Å²) in [6.07, 6.45) is 2.17. The molecule has 0 saturated carbocycles. The minimum absolute atomic E-state index is 0.179. The van der Waals surface area contributed by atoms with Gasteiger partial charge in [-0.2, -0.15) is 0 Å². The zero-order chi connectivity index (χ0) is 19.4. The standard InChI is InChI=1S/C19H24N4O4/c1-20-18(26)17(3-2-10-24)23-12-14-11-15(4-5-16(14)19(23)27)22-8-6-21(13-25)7-9-22/h4-5,10-11,13,17H,2-3,6-9,12H2,1H3,(H,20,26). The van der Waals surface area contributed by atoms with E-state index in [1.54, 1.807) is 15.9 Å². The number of hydrogen-bond donors (Lipinski definition) is 1. The highest BCUT2D eigenvalue weighted by atomic mass is 16.2. The van der Waals surface area contributed by atoms with Crippen molar-refractivity contribution >= 4 is 30.2 Å². The fourth-order valence-corrected chi connectivity index (χ4v) is 3.68.